The van der Waals surface area contributed by atoms with Gasteiger partial charge < -0.3 is 10.6 Å². The Morgan fingerprint density at radius 2 is 2.03 bits per heavy atom. The number of imide groups is 1. The zero-order chi connectivity index (χ0) is 21.3. The first kappa shape index (κ1) is 20.5. The van der Waals surface area contributed by atoms with Crippen LogP contribution in [0.15, 0.2) is 29.6 Å². The number of nitrogens with zero attached hydrogens (tertiary/aromatic N) is 2. The van der Waals surface area contributed by atoms with Gasteiger partial charge in [0, 0.05) is 10.9 Å². The molecule has 2 aromatic rings. The molecule has 2 N–H and O–H groups in total. The van der Waals surface area contributed by atoms with Crippen molar-refractivity contribution in [3.8, 4) is 11.3 Å². The van der Waals surface area contributed by atoms with Gasteiger partial charge >= 0.3 is 6.03 Å². The summed E-state index contributed by atoms with van der Waals surface area (Å²) in [5, 5.41) is 7.78. The Bertz CT molecular complexity index is 967. The lowest BCUT2D eigenvalue weighted by Gasteiger charge is -2.20. The highest BCUT2D eigenvalue weighted by molar-refractivity contribution is 7.14. The molecule has 8 heteroatoms. The van der Waals surface area contributed by atoms with Crippen LogP contribution in [0.1, 0.15) is 45.1 Å². The zero-order valence-corrected chi connectivity index (χ0v) is 18.1. The Labute approximate surface area is 179 Å². The second-order valence-electron chi connectivity index (χ2n) is 8.18. The molecule has 0 spiro atoms. The quantitative estimate of drug-likeness (QED) is 0.628. The number of rotatable bonds is 8. The predicted molar refractivity (Wildman–Crippen MR) is 116 cm³/mol. The van der Waals surface area contributed by atoms with Crippen molar-refractivity contribution in [2.45, 2.75) is 51.5 Å². The average Bonchev–Trinajstić information content (AvgIpc) is 3.46. The van der Waals surface area contributed by atoms with E-state index in [0.717, 1.165) is 35.4 Å². The van der Waals surface area contributed by atoms with E-state index in [4.69, 9.17) is 0 Å². The maximum absolute atomic E-state index is 12.6. The SMILES string of the molecule is CCCCc1ccc(-c2csc(NC(=O)CN3C(=O)N[C@](C)(C4CC4)C3=O)n2)cc1. The van der Waals surface area contributed by atoms with Gasteiger partial charge in [0.25, 0.3) is 5.91 Å². The van der Waals surface area contributed by atoms with Crippen LogP contribution in [0.2, 0.25) is 0 Å². The van der Waals surface area contributed by atoms with Gasteiger partial charge in [0.05, 0.1) is 5.69 Å². The van der Waals surface area contributed by atoms with E-state index in [2.05, 4.69) is 34.7 Å². The molecular weight excluding hydrogens is 400 g/mol. The number of nitrogens with one attached hydrogen (secondary N) is 2. The lowest BCUT2D eigenvalue weighted by molar-refractivity contribution is -0.134. The van der Waals surface area contributed by atoms with E-state index in [1.165, 1.54) is 29.7 Å². The Morgan fingerprint density at radius 1 is 1.30 bits per heavy atom. The number of aryl methyl sites for hydroxylation is 1. The summed E-state index contributed by atoms with van der Waals surface area (Å²) in [6.07, 6.45) is 5.25. The number of carbonyl (C=O) groups is 3. The van der Waals surface area contributed by atoms with Gasteiger partial charge in [-0.05, 0) is 44.1 Å². The number of hydrogen-bond acceptors (Lipinski definition) is 5. The fraction of sp³-hybridized carbons (Fsp3) is 0.455. The van der Waals surface area contributed by atoms with Gasteiger partial charge in [-0.15, -0.1) is 11.3 Å². The molecule has 0 unspecified atom stereocenters. The average molecular weight is 427 g/mol. The molecule has 1 aliphatic carbocycles. The standard InChI is InChI=1S/C22H26N4O3S/c1-3-4-5-14-6-8-15(9-7-14)17-13-30-20(23-17)24-18(27)12-26-19(28)22(2,16-10-11-16)25-21(26)29/h6-9,13,16H,3-5,10-12H2,1-2H3,(H,25,29)(H,23,24,27)/t22-/m1/s1. The highest BCUT2D eigenvalue weighted by Gasteiger charge is 2.56. The number of unbranched alkanes of at least 4 members (excludes halogenated alkanes) is 1. The summed E-state index contributed by atoms with van der Waals surface area (Å²) in [7, 11) is 0. The maximum Gasteiger partial charge on any atom is 0.325 e. The molecule has 1 aliphatic heterocycles. The fourth-order valence-corrected chi connectivity index (χ4v) is 4.52. The minimum atomic E-state index is -0.880. The smallest absolute Gasteiger partial charge is 0.323 e. The van der Waals surface area contributed by atoms with Crippen LogP contribution < -0.4 is 10.6 Å². The molecule has 1 aromatic heterocycles. The van der Waals surface area contributed by atoms with Crippen LogP contribution in [0.3, 0.4) is 0 Å². The van der Waals surface area contributed by atoms with Gasteiger partial charge in [-0.1, -0.05) is 37.6 Å². The largest absolute Gasteiger partial charge is 0.325 e. The van der Waals surface area contributed by atoms with Crippen LogP contribution in [0, 0.1) is 5.92 Å². The van der Waals surface area contributed by atoms with E-state index in [1.54, 1.807) is 6.92 Å². The van der Waals surface area contributed by atoms with Crippen molar-refractivity contribution in [2.24, 2.45) is 5.92 Å². The van der Waals surface area contributed by atoms with Crippen LogP contribution in [0.4, 0.5) is 9.93 Å². The van der Waals surface area contributed by atoms with Crippen LogP contribution in [-0.4, -0.2) is 39.8 Å². The first-order valence-corrected chi connectivity index (χ1v) is 11.3. The number of thiazole rings is 1. The molecule has 1 saturated heterocycles. The maximum atomic E-state index is 12.6. The van der Waals surface area contributed by atoms with E-state index >= 15 is 0 Å². The third kappa shape index (κ3) is 4.09. The number of aromatic nitrogens is 1. The van der Waals surface area contributed by atoms with Crippen molar-refractivity contribution >= 4 is 34.3 Å². The molecule has 0 radical (unpaired) electrons. The number of benzene rings is 1. The number of anilines is 1. The molecule has 7 nitrogen and oxygen atoms in total. The molecule has 4 rings (SSSR count). The summed E-state index contributed by atoms with van der Waals surface area (Å²) in [6.45, 7) is 3.61. The summed E-state index contributed by atoms with van der Waals surface area (Å²) < 4.78 is 0. The van der Waals surface area contributed by atoms with Crippen molar-refractivity contribution in [3.05, 3.63) is 35.2 Å². The van der Waals surface area contributed by atoms with Gasteiger partial charge in [-0.25, -0.2) is 9.78 Å². The molecule has 2 fully saturated rings. The lowest BCUT2D eigenvalue weighted by Crippen LogP contribution is -2.46. The molecule has 2 heterocycles. The molecule has 2 aliphatic rings. The highest BCUT2D eigenvalue weighted by atomic mass is 32.1. The topological polar surface area (TPSA) is 91.4 Å². The number of carbonyl (C=O) groups excluding carboxylic acids is 3. The molecule has 4 amide bonds. The number of urea groups is 1. The van der Waals surface area contributed by atoms with E-state index in [1.807, 2.05) is 17.5 Å². The van der Waals surface area contributed by atoms with Crippen LogP contribution in [0.25, 0.3) is 11.3 Å². The van der Waals surface area contributed by atoms with E-state index in [0.29, 0.717) is 5.13 Å². The zero-order valence-electron chi connectivity index (χ0n) is 17.2. The van der Waals surface area contributed by atoms with Crippen LogP contribution in [0.5, 0.6) is 0 Å². The molecule has 158 valence electrons. The first-order valence-electron chi connectivity index (χ1n) is 10.4. The van der Waals surface area contributed by atoms with Crippen molar-refractivity contribution in [1.82, 2.24) is 15.2 Å². The summed E-state index contributed by atoms with van der Waals surface area (Å²) in [6, 6.07) is 7.79. The van der Waals surface area contributed by atoms with Gasteiger partial charge in [0.15, 0.2) is 5.13 Å². The molecular formula is C22H26N4O3S. The van der Waals surface area contributed by atoms with Crippen molar-refractivity contribution in [2.75, 3.05) is 11.9 Å². The molecule has 1 atom stereocenters. The second kappa shape index (κ2) is 8.18. The minimum Gasteiger partial charge on any atom is -0.323 e. The third-order valence-electron chi connectivity index (χ3n) is 5.82. The lowest BCUT2D eigenvalue weighted by atomic mass is 9.96. The van der Waals surface area contributed by atoms with E-state index in [-0.39, 0.29) is 18.4 Å². The van der Waals surface area contributed by atoms with Crippen molar-refractivity contribution < 1.29 is 14.4 Å². The van der Waals surface area contributed by atoms with Gasteiger partial charge in [0.2, 0.25) is 5.91 Å². The molecule has 30 heavy (non-hydrogen) atoms. The Hall–Kier alpha value is -2.74. The third-order valence-corrected chi connectivity index (χ3v) is 6.57. The minimum absolute atomic E-state index is 0.164. The molecule has 0 bridgehead atoms. The van der Waals surface area contributed by atoms with E-state index < -0.39 is 17.5 Å². The van der Waals surface area contributed by atoms with Crippen molar-refractivity contribution in [3.63, 3.8) is 0 Å². The van der Waals surface area contributed by atoms with Gasteiger partial charge in [0.1, 0.15) is 12.1 Å². The number of amides is 4. The van der Waals surface area contributed by atoms with Gasteiger partial charge in [-0.3, -0.25) is 14.5 Å². The molecule has 1 saturated carbocycles. The predicted octanol–water partition coefficient (Wildman–Crippen LogP) is 3.81. The summed E-state index contributed by atoms with van der Waals surface area (Å²) >= 11 is 1.32. The summed E-state index contributed by atoms with van der Waals surface area (Å²) in [4.78, 5) is 42.7. The summed E-state index contributed by atoms with van der Waals surface area (Å²) in [5.74, 6) is -0.598. The monoisotopic (exact) mass is 426 g/mol. The fourth-order valence-electron chi connectivity index (χ4n) is 3.79. The van der Waals surface area contributed by atoms with Crippen LogP contribution >= 0.6 is 11.3 Å². The number of hydrogen-bond donors (Lipinski definition) is 2. The normalized spacial score (nSPS) is 21.1. The first-order chi connectivity index (χ1) is 14.4. The second-order valence-corrected chi connectivity index (χ2v) is 9.04. The highest BCUT2D eigenvalue weighted by Crippen LogP contribution is 2.42. The van der Waals surface area contributed by atoms with E-state index in [9.17, 15) is 14.4 Å². The Balaban J connectivity index is 1.36. The van der Waals surface area contributed by atoms with Gasteiger partial charge in [-0.2, -0.15) is 0 Å². The Morgan fingerprint density at radius 3 is 2.70 bits per heavy atom. The Kier molecular flexibility index (Phi) is 5.60. The summed E-state index contributed by atoms with van der Waals surface area (Å²) in [5.41, 5.74) is 2.20. The molecule has 1 aromatic carbocycles. The van der Waals surface area contributed by atoms with Crippen LogP contribution in [-0.2, 0) is 16.0 Å². The van der Waals surface area contributed by atoms with Crippen molar-refractivity contribution in [1.29, 1.82) is 0 Å².